The van der Waals surface area contributed by atoms with Gasteiger partial charge in [0.25, 0.3) is 0 Å². The summed E-state index contributed by atoms with van der Waals surface area (Å²) in [5, 5.41) is 3.09. The van der Waals surface area contributed by atoms with Gasteiger partial charge in [0.05, 0.1) is 18.1 Å². The molecule has 0 spiro atoms. The molecule has 1 aromatic carbocycles. The van der Waals surface area contributed by atoms with Crippen molar-refractivity contribution in [2.45, 2.75) is 52.0 Å². The second-order valence-corrected chi connectivity index (χ2v) is 9.87. The molecule has 5 nitrogen and oxygen atoms in total. The lowest BCUT2D eigenvalue weighted by Crippen LogP contribution is -2.38. The Kier molecular flexibility index (Phi) is 6.27. The van der Waals surface area contributed by atoms with Crippen LogP contribution in [0.2, 0.25) is 0 Å². The molecule has 1 N–H and O–H groups in total. The lowest BCUT2D eigenvalue weighted by molar-refractivity contribution is -0.117. The number of nitrogens with zero attached hydrogens (tertiary/aromatic N) is 1. The fourth-order valence-electron chi connectivity index (χ4n) is 3.35. The molecule has 0 aromatic heterocycles. The van der Waals surface area contributed by atoms with E-state index in [-0.39, 0.29) is 30.0 Å². The van der Waals surface area contributed by atoms with Crippen molar-refractivity contribution in [1.82, 2.24) is 4.90 Å². The number of amides is 1. The maximum absolute atomic E-state index is 12.6. The van der Waals surface area contributed by atoms with Crippen LogP contribution >= 0.6 is 0 Å². The van der Waals surface area contributed by atoms with Crippen LogP contribution in [0.4, 0.5) is 5.69 Å². The number of likely N-dealkylation sites (N-methyl/N-ethyl adjacent to an activating group) is 1. The zero-order chi connectivity index (χ0) is 18.8. The zero-order valence-electron chi connectivity index (χ0n) is 15.9. The van der Waals surface area contributed by atoms with Crippen molar-refractivity contribution in [3.05, 3.63) is 29.3 Å². The fraction of sp³-hybridized carbons (Fsp3) is 0.632. The normalized spacial score (nSPS) is 19.8. The van der Waals surface area contributed by atoms with E-state index in [0.29, 0.717) is 18.3 Å². The molecule has 0 unspecified atom stereocenters. The predicted octanol–water partition coefficient (Wildman–Crippen LogP) is 2.99. The second kappa shape index (κ2) is 7.87. The highest BCUT2D eigenvalue weighted by atomic mass is 32.2. The number of para-hydroxylation sites is 1. The Bertz CT molecular complexity index is 700. The first-order chi connectivity index (χ1) is 11.6. The molecule has 0 bridgehead atoms. The average molecular weight is 367 g/mol. The van der Waals surface area contributed by atoms with Gasteiger partial charge in [0, 0.05) is 11.7 Å². The zero-order valence-corrected chi connectivity index (χ0v) is 16.7. The molecule has 1 aliphatic heterocycles. The van der Waals surface area contributed by atoms with Crippen LogP contribution in [0.25, 0.3) is 0 Å². The largest absolute Gasteiger partial charge is 0.324 e. The molecule has 0 aliphatic carbocycles. The maximum atomic E-state index is 12.6. The summed E-state index contributed by atoms with van der Waals surface area (Å²) < 4.78 is 23.3. The Morgan fingerprint density at radius 1 is 1.20 bits per heavy atom. The average Bonchev–Trinajstić information content (AvgIpc) is 2.87. The van der Waals surface area contributed by atoms with E-state index in [1.165, 1.54) is 0 Å². The fourth-order valence-corrected chi connectivity index (χ4v) is 5.16. The van der Waals surface area contributed by atoms with E-state index < -0.39 is 9.84 Å². The lowest BCUT2D eigenvalue weighted by atomic mass is 9.92. The number of carbonyl (C=O) groups is 1. The number of benzene rings is 1. The summed E-state index contributed by atoms with van der Waals surface area (Å²) in [7, 11) is -1.12. The summed E-state index contributed by atoms with van der Waals surface area (Å²) in [6.07, 6.45) is 0.603. The monoisotopic (exact) mass is 366 g/mol. The van der Waals surface area contributed by atoms with Crippen LogP contribution in [0.3, 0.4) is 0 Å². The standard InChI is InChI=1S/C19H30N2O3S/c1-13(2)16-7-6-8-17(14(3)4)19(16)20-18(22)11-21(5)15-9-10-25(23,24)12-15/h6-8,13-15H,9-12H2,1-5H3,(H,20,22)/t15-/m1/s1. The van der Waals surface area contributed by atoms with Crippen LogP contribution < -0.4 is 5.32 Å². The molecule has 1 atom stereocenters. The summed E-state index contributed by atoms with van der Waals surface area (Å²) in [6.45, 7) is 8.66. The molecule has 1 fully saturated rings. The Hall–Kier alpha value is -1.40. The molecule has 140 valence electrons. The van der Waals surface area contributed by atoms with Gasteiger partial charge in [-0.25, -0.2) is 8.42 Å². The minimum atomic E-state index is -2.94. The van der Waals surface area contributed by atoms with Gasteiger partial charge in [-0.05, 0) is 36.4 Å². The third kappa shape index (κ3) is 5.05. The van der Waals surface area contributed by atoms with Gasteiger partial charge in [0.2, 0.25) is 5.91 Å². The first kappa shape index (κ1) is 19.9. The SMILES string of the molecule is CC(C)c1cccc(C(C)C)c1NC(=O)CN(C)[C@@H]1CCS(=O)(=O)C1. The highest BCUT2D eigenvalue weighted by Gasteiger charge is 2.31. The molecule has 0 saturated carbocycles. The summed E-state index contributed by atoms with van der Waals surface area (Å²) in [5.41, 5.74) is 3.17. The van der Waals surface area contributed by atoms with Crippen molar-refractivity contribution < 1.29 is 13.2 Å². The summed E-state index contributed by atoms with van der Waals surface area (Å²) in [5.74, 6) is 0.897. The first-order valence-electron chi connectivity index (χ1n) is 8.94. The quantitative estimate of drug-likeness (QED) is 0.840. The van der Waals surface area contributed by atoms with E-state index in [1.807, 2.05) is 18.0 Å². The van der Waals surface area contributed by atoms with Crippen LogP contribution in [0.1, 0.15) is 57.1 Å². The second-order valence-electron chi connectivity index (χ2n) is 7.64. The number of carbonyl (C=O) groups excluding carboxylic acids is 1. The van der Waals surface area contributed by atoms with Crippen LogP contribution in [-0.2, 0) is 14.6 Å². The first-order valence-corrected chi connectivity index (χ1v) is 10.8. The topological polar surface area (TPSA) is 66.5 Å². The van der Waals surface area contributed by atoms with Gasteiger partial charge in [-0.2, -0.15) is 0 Å². The molecular formula is C19H30N2O3S. The summed E-state index contributed by atoms with van der Waals surface area (Å²) >= 11 is 0. The molecule has 2 rings (SSSR count). The number of hydrogen-bond donors (Lipinski definition) is 1. The molecule has 1 saturated heterocycles. The van der Waals surface area contributed by atoms with Gasteiger partial charge in [-0.3, -0.25) is 9.69 Å². The predicted molar refractivity (Wildman–Crippen MR) is 103 cm³/mol. The molecule has 1 amide bonds. The molecule has 1 aliphatic rings. The Morgan fingerprint density at radius 2 is 1.76 bits per heavy atom. The molecule has 6 heteroatoms. The van der Waals surface area contributed by atoms with E-state index in [9.17, 15) is 13.2 Å². The molecule has 1 heterocycles. The van der Waals surface area contributed by atoms with Gasteiger partial charge in [0.1, 0.15) is 0 Å². The van der Waals surface area contributed by atoms with Gasteiger partial charge >= 0.3 is 0 Å². The van der Waals surface area contributed by atoms with Crippen LogP contribution in [-0.4, -0.2) is 50.4 Å². The highest BCUT2D eigenvalue weighted by Crippen LogP contribution is 2.32. The molecular weight excluding hydrogens is 336 g/mol. The minimum Gasteiger partial charge on any atom is -0.324 e. The van der Waals surface area contributed by atoms with Crippen LogP contribution in [0.5, 0.6) is 0 Å². The molecule has 25 heavy (non-hydrogen) atoms. The molecule has 1 aromatic rings. The van der Waals surface area contributed by atoms with Gasteiger partial charge in [-0.15, -0.1) is 0 Å². The number of anilines is 1. The van der Waals surface area contributed by atoms with E-state index in [0.717, 1.165) is 16.8 Å². The number of sulfone groups is 1. The highest BCUT2D eigenvalue weighted by molar-refractivity contribution is 7.91. The van der Waals surface area contributed by atoms with Crippen molar-refractivity contribution in [2.75, 3.05) is 30.4 Å². The lowest BCUT2D eigenvalue weighted by Gasteiger charge is -2.24. The Balaban J connectivity index is 2.12. The Morgan fingerprint density at radius 3 is 2.20 bits per heavy atom. The number of rotatable bonds is 6. The van der Waals surface area contributed by atoms with E-state index >= 15 is 0 Å². The van der Waals surface area contributed by atoms with Crippen molar-refractivity contribution in [1.29, 1.82) is 0 Å². The number of nitrogens with one attached hydrogen (secondary N) is 1. The van der Waals surface area contributed by atoms with Crippen LogP contribution in [0, 0.1) is 0 Å². The van der Waals surface area contributed by atoms with E-state index in [2.05, 4.69) is 45.1 Å². The third-order valence-electron chi connectivity index (χ3n) is 4.86. The smallest absolute Gasteiger partial charge is 0.238 e. The third-order valence-corrected chi connectivity index (χ3v) is 6.61. The molecule has 0 radical (unpaired) electrons. The van der Waals surface area contributed by atoms with Crippen molar-refractivity contribution in [2.24, 2.45) is 0 Å². The minimum absolute atomic E-state index is 0.0688. The van der Waals surface area contributed by atoms with Crippen molar-refractivity contribution in [3.8, 4) is 0 Å². The van der Waals surface area contributed by atoms with Gasteiger partial charge in [-0.1, -0.05) is 45.9 Å². The van der Waals surface area contributed by atoms with Crippen LogP contribution in [0.15, 0.2) is 18.2 Å². The number of hydrogen-bond acceptors (Lipinski definition) is 4. The van der Waals surface area contributed by atoms with Crippen molar-refractivity contribution >= 4 is 21.4 Å². The van der Waals surface area contributed by atoms with Gasteiger partial charge < -0.3 is 5.32 Å². The van der Waals surface area contributed by atoms with Gasteiger partial charge in [0.15, 0.2) is 9.84 Å². The summed E-state index contributed by atoms with van der Waals surface area (Å²) in [6, 6.07) is 6.08. The Labute approximate surface area is 151 Å². The van der Waals surface area contributed by atoms with Crippen molar-refractivity contribution in [3.63, 3.8) is 0 Å². The van der Waals surface area contributed by atoms with E-state index in [1.54, 1.807) is 0 Å². The maximum Gasteiger partial charge on any atom is 0.238 e. The summed E-state index contributed by atoms with van der Waals surface area (Å²) in [4.78, 5) is 14.4. The van der Waals surface area contributed by atoms with E-state index in [4.69, 9.17) is 0 Å².